The van der Waals surface area contributed by atoms with E-state index in [9.17, 15) is 0 Å². The van der Waals surface area contributed by atoms with Crippen molar-refractivity contribution in [1.82, 2.24) is 0 Å². The normalized spacial score (nSPS) is 10.8. The summed E-state index contributed by atoms with van der Waals surface area (Å²) >= 11 is 5.07. The minimum atomic E-state index is 0.127. The van der Waals surface area contributed by atoms with E-state index in [0.717, 1.165) is 15.4 Å². The molecule has 0 unspecified atom stereocenters. The molecule has 0 saturated heterocycles. The molecule has 2 aromatic rings. The van der Waals surface area contributed by atoms with Gasteiger partial charge in [-0.15, -0.1) is 11.3 Å². The molecule has 0 saturated carbocycles. The smallest absolute Gasteiger partial charge is 0.0696 e. The van der Waals surface area contributed by atoms with Crippen molar-refractivity contribution in [2.45, 2.75) is 6.61 Å². The van der Waals surface area contributed by atoms with Crippen LogP contribution in [-0.2, 0) is 6.61 Å². The van der Waals surface area contributed by atoms with Crippen LogP contribution in [0.1, 0.15) is 5.56 Å². The summed E-state index contributed by atoms with van der Waals surface area (Å²) in [7, 11) is 0. The highest BCUT2D eigenvalue weighted by Crippen LogP contribution is 2.28. The Morgan fingerprint density at radius 3 is 3.00 bits per heavy atom. The molecule has 0 spiro atoms. The molecular formula is C9H7BrOS. The summed E-state index contributed by atoms with van der Waals surface area (Å²) < 4.78 is 2.30. The third-order valence-corrected chi connectivity index (χ3v) is 3.28. The van der Waals surface area contributed by atoms with Crippen molar-refractivity contribution in [2.75, 3.05) is 0 Å². The molecule has 62 valence electrons. The monoisotopic (exact) mass is 242 g/mol. The zero-order valence-corrected chi connectivity index (χ0v) is 8.65. The first-order chi connectivity index (χ1) is 5.81. The maximum atomic E-state index is 8.99. The molecule has 0 aliphatic rings. The van der Waals surface area contributed by atoms with Crippen molar-refractivity contribution in [3.05, 3.63) is 33.6 Å². The molecule has 3 heteroatoms. The molecule has 0 aliphatic heterocycles. The van der Waals surface area contributed by atoms with Gasteiger partial charge in [-0.1, -0.05) is 22.0 Å². The van der Waals surface area contributed by atoms with Gasteiger partial charge in [0.2, 0.25) is 0 Å². The highest BCUT2D eigenvalue weighted by molar-refractivity contribution is 9.10. The Morgan fingerprint density at radius 1 is 1.42 bits per heavy atom. The van der Waals surface area contributed by atoms with E-state index in [0.29, 0.717) is 0 Å². The molecule has 0 atom stereocenters. The summed E-state index contributed by atoms with van der Waals surface area (Å²) in [5.41, 5.74) is 1.02. The molecule has 0 radical (unpaired) electrons. The van der Waals surface area contributed by atoms with Crippen LogP contribution in [0.2, 0.25) is 0 Å². The average molecular weight is 243 g/mol. The second-order valence-corrected chi connectivity index (χ2v) is 4.39. The van der Waals surface area contributed by atoms with Crippen LogP contribution in [0.25, 0.3) is 10.1 Å². The van der Waals surface area contributed by atoms with E-state index in [1.54, 1.807) is 11.3 Å². The number of aliphatic hydroxyl groups excluding tert-OH is 1. The molecular weight excluding hydrogens is 236 g/mol. The summed E-state index contributed by atoms with van der Waals surface area (Å²) in [6, 6.07) is 6.09. The number of aliphatic hydroxyl groups is 1. The Balaban J connectivity index is 2.73. The second-order valence-electron chi connectivity index (χ2n) is 2.56. The first kappa shape index (κ1) is 8.23. The maximum Gasteiger partial charge on any atom is 0.0696 e. The number of fused-ring (bicyclic) bond motifs is 1. The molecule has 1 N–H and O–H groups in total. The van der Waals surface area contributed by atoms with Crippen LogP contribution in [0.5, 0.6) is 0 Å². The zero-order valence-electron chi connectivity index (χ0n) is 6.25. The number of halogens is 1. The van der Waals surface area contributed by atoms with Gasteiger partial charge in [-0.2, -0.15) is 0 Å². The predicted octanol–water partition coefficient (Wildman–Crippen LogP) is 3.16. The van der Waals surface area contributed by atoms with E-state index in [2.05, 4.69) is 22.0 Å². The highest BCUT2D eigenvalue weighted by Gasteiger charge is 2.01. The van der Waals surface area contributed by atoms with E-state index >= 15 is 0 Å². The second kappa shape index (κ2) is 3.17. The number of rotatable bonds is 1. The lowest BCUT2D eigenvalue weighted by molar-refractivity contribution is 0.284. The van der Waals surface area contributed by atoms with Crippen LogP contribution >= 0.6 is 27.3 Å². The third kappa shape index (κ3) is 1.28. The van der Waals surface area contributed by atoms with Crippen molar-refractivity contribution in [2.24, 2.45) is 0 Å². The zero-order chi connectivity index (χ0) is 8.55. The fourth-order valence-corrected chi connectivity index (χ4v) is 2.68. The highest BCUT2D eigenvalue weighted by atomic mass is 79.9. The molecule has 1 heterocycles. The average Bonchev–Trinajstić information content (AvgIpc) is 2.46. The quantitative estimate of drug-likeness (QED) is 0.815. The van der Waals surface area contributed by atoms with Gasteiger partial charge in [-0.25, -0.2) is 0 Å². The van der Waals surface area contributed by atoms with Gasteiger partial charge in [0.25, 0.3) is 0 Å². The van der Waals surface area contributed by atoms with E-state index in [1.807, 2.05) is 17.5 Å². The molecule has 0 aliphatic carbocycles. The van der Waals surface area contributed by atoms with E-state index < -0.39 is 0 Å². The number of benzene rings is 1. The van der Waals surface area contributed by atoms with Gasteiger partial charge >= 0.3 is 0 Å². The molecule has 2 rings (SSSR count). The Morgan fingerprint density at radius 2 is 2.25 bits per heavy atom. The topological polar surface area (TPSA) is 20.2 Å². The van der Waals surface area contributed by atoms with Gasteiger partial charge in [-0.05, 0) is 28.5 Å². The van der Waals surface area contributed by atoms with Crippen molar-refractivity contribution in [1.29, 1.82) is 0 Å². The first-order valence-electron chi connectivity index (χ1n) is 3.58. The lowest BCUT2D eigenvalue weighted by Crippen LogP contribution is -1.77. The summed E-state index contributed by atoms with van der Waals surface area (Å²) in [5.74, 6) is 0. The molecule has 1 aromatic heterocycles. The van der Waals surface area contributed by atoms with E-state index in [-0.39, 0.29) is 6.61 Å². The minimum absolute atomic E-state index is 0.127. The van der Waals surface area contributed by atoms with E-state index in [1.165, 1.54) is 4.70 Å². The molecule has 0 amide bonds. The lowest BCUT2D eigenvalue weighted by atomic mass is 10.2. The Kier molecular flexibility index (Phi) is 2.17. The summed E-state index contributed by atoms with van der Waals surface area (Å²) in [6.45, 7) is 0.127. The Labute approximate surface area is 82.8 Å². The van der Waals surface area contributed by atoms with Gasteiger partial charge in [-0.3, -0.25) is 0 Å². The van der Waals surface area contributed by atoms with Crippen LogP contribution in [0, 0.1) is 0 Å². The summed E-state index contributed by atoms with van der Waals surface area (Å²) in [5, 5.41) is 12.1. The number of hydrogen-bond donors (Lipinski definition) is 1. The van der Waals surface area contributed by atoms with Gasteiger partial charge in [0, 0.05) is 9.17 Å². The number of thiophene rings is 1. The van der Waals surface area contributed by atoms with Crippen molar-refractivity contribution in [3.63, 3.8) is 0 Å². The fourth-order valence-electron chi connectivity index (χ4n) is 1.18. The molecule has 0 bridgehead atoms. The number of hydrogen-bond acceptors (Lipinski definition) is 2. The predicted molar refractivity (Wildman–Crippen MR) is 55.4 cm³/mol. The molecule has 0 fully saturated rings. The van der Waals surface area contributed by atoms with E-state index in [4.69, 9.17) is 5.11 Å². The minimum Gasteiger partial charge on any atom is -0.392 e. The maximum absolute atomic E-state index is 8.99. The summed E-state index contributed by atoms with van der Waals surface area (Å²) in [4.78, 5) is 0. The fraction of sp³-hybridized carbons (Fsp3) is 0.111. The van der Waals surface area contributed by atoms with Crippen LogP contribution in [-0.4, -0.2) is 5.11 Å². The standard InChI is InChI=1S/C9H7BrOS/c10-7-1-2-8-6(4-11)5-12-9(8)3-7/h1-3,5,11H,4H2. The molecule has 12 heavy (non-hydrogen) atoms. The van der Waals surface area contributed by atoms with Crippen LogP contribution < -0.4 is 0 Å². The molecule has 1 nitrogen and oxygen atoms in total. The third-order valence-electron chi connectivity index (χ3n) is 1.79. The van der Waals surface area contributed by atoms with Crippen LogP contribution in [0.3, 0.4) is 0 Å². The van der Waals surface area contributed by atoms with Crippen LogP contribution in [0.4, 0.5) is 0 Å². The van der Waals surface area contributed by atoms with Crippen LogP contribution in [0.15, 0.2) is 28.1 Å². The van der Waals surface area contributed by atoms with Gasteiger partial charge < -0.3 is 5.11 Å². The van der Waals surface area contributed by atoms with Gasteiger partial charge in [0.1, 0.15) is 0 Å². The SMILES string of the molecule is OCc1csc2cc(Br)ccc12. The Hall–Kier alpha value is -0.380. The van der Waals surface area contributed by atoms with Gasteiger partial charge in [0.15, 0.2) is 0 Å². The van der Waals surface area contributed by atoms with Crippen molar-refractivity contribution < 1.29 is 5.11 Å². The molecule has 1 aromatic carbocycles. The van der Waals surface area contributed by atoms with Crippen molar-refractivity contribution in [3.8, 4) is 0 Å². The lowest BCUT2D eigenvalue weighted by Gasteiger charge is -1.93. The van der Waals surface area contributed by atoms with Gasteiger partial charge in [0.05, 0.1) is 6.61 Å². The van der Waals surface area contributed by atoms with Crippen molar-refractivity contribution >= 4 is 37.4 Å². The first-order valence-corrected chi connectivity index (χ1v) is 5.25. The summed E-state index contributed by atoms with van der Waals surface area (Å²) in [6.07, 6.45) is 0. The Bertz CT molecular complexity index is 408. The largest absolute Gasteiger partial charge is 0.392 e.